The van der Waals surface area contributed by atoms with Gasteiger partial charge in [-0.25, -0.2) is 9.78 Å². The summed E-state index contributed by atoms with van der Waals surface area (Å²) in [7, 11) is 0. The molecule has 0 saturated carbocycles. The number of hydrogen-bond donors (Lipinski definition) is 2. The number of rotatable bonds is 6. The number of aryl methyl sites for hydroxylation is 2. The number of benzene rings is 1. The minimum absolute atomic E-state index is 0.240. The van der Waals surface area contributed by atoms with Crippen LogP contribution < -0.4 is 14.8 Å². The van der Waals surface area contributed by atoms with Gasteiger partial charge in [-0.3, -0.25) is 10.1 Å². The molecule has 0 fully saturated rings. The topological polar surface area (TPSA) is 103 Å². The van der Waals surface area contributed by atoms with Crippen molar-refractivity contribution < 1.29 is 23.8 Å². The number of hydrogen-bond acceptors (Lipinski definition) is 7. The number of H-pyrrole nitrogens is 1. The maximum atomic E-state index is 12.8. The zero-order chi connectivity index (χ0) is 22.1. The van der Waals surface area contributed by atoms with Crippen LogP contribution in [0.5, 0.6) is 11.5 Å². The molecule has 3 heterocycles. The molecule has 0 bridgehead atoms. The minimum atomic E-state index is -0.441. The average molecular weight is 442 g/mol. The fourth-order valence-electron chi connectivity index (χ4n) is 3.53. The predicted molar refractivity (Wildman–Crippen MR) is 116 cm³/mol. The van der Waals surface area contributed by atoms with Gasteiger partial charge in [0, 0.05) is 17.0 Å². The monoisotopic (exact) mass is 441 g/mol. The molecule has 0 spiro atoms. The number of aromatic amines is 1. The van der Waals surface area contributed by atoms with Gasteiger partial charge < -0.3 is 19.2 Å². The van der Waals surface area contributed by atoms with Crippen LogP contribution in [0.25, 0.3) is 0 Å². The first-order valence-corrected chi connectivity index (χ1v) is 10.7. The van der Waals surface area contributed by atoms with E-state index in [4.69, 9.17) is 14.2 Å². The van der Waals surface area contributed by atoms with E-state index >= 15 is 0 Å². The van der Waals surface area contributed by atoms with E-state index in [1.807, 2.05) is 25.1 Å². The lowest BCUT2D eigenvalue weighted by atomic mass is 10.1. The molecule has 162 valence electrons. The van der Waals surface area contributed by atoms with E-state index in [9.17, 15) is 9.59 Å². The first kappa shape index (κ1) is 20.9. The van der Waals surface area contributed by atoms with E-state index in [2.05, 4.69) is 15.3 Å². The molecule has 9 heteroatoms. The summed E-state index contributed by atoms with van der Waals surface area (Å²) in [6.07, 6.45) is 0.670. The highest BCUT2D eigenvalue weighted by Crippen LogP contribution is 2.34. The van der Waals surface area contributed by atoms with E-state index in [1.165, 1.54) is 11.3 Å². The molecule has 0 radical (unpaired) electrons. The molecule has 2 N–H and O–H groups in total. The first-order chi connectivity index (χ1) is 14.9. The number of esters is 1. The second-order valence-electron chi connectivity index (χ2n) is 7.19. The lowest BCUT2D eigenvalue weighted by molar-refractivity contribution is 0.0525. The molecule has 0 atom stereocenters. The molecule has 1 aliphatic heterocycles. The van der Waals surface area contributed by atoms with E-state index in [-0.39, 0.29) is 19.3 Å². The quantitative estimate of drug-likeness (QED) is 0.557. The molecule has 0 aliphatic carbocycles. The largest absolute Gasteiger partial charge is 0.462 e. The molecule has 4 rings (SSSR count). The van der Waals surface area contributed by atoms with E-state index < -0.39 is 5.97 Å². The summed E-state index contributed by atoms with van der Waals surface area (Å²) in [4.78, 5) is 33.5. The molecule has 8 nitrogen and oxygen atoms in total. The molecule has 2 aromatic heterocycles. The summed E-state index contributed by atoms with van der Waals surface area (Å²) in [5.74, 6) is 0.697. The molecule has 3 aromatic rings. The van der Waals surface area contributed by atoms with Crippen molar-refractivity contribution in [1.29, 1.82) is 0 Å². The Labute approximate surface area is 183 Å². The number of thiazole rings is 1. The highest BCUT2D eigenvalue weighted by atomic mass is 32.1. The van der Waals surface area contributed by atoms with Crippen molar-refractivity contribution in [2.75, 3.05) is 18.7 Å². The summed E-state index contributed by atoms with van der Waals surface area (Å²) in [5.41, 5.74) is 3.80. The van der Waals surface area contributed by atoms with Gasteiger partial charge in [0.1, 0.15) is 5.69 Å². The Bertz CT molecular complexity index is 1160. The van der Waals surface area contributed by atoms with Crippen molar-refractivity contribution in [2.45, 2.75) is 34.1 Å². The van der Waals surface area contributed by atoms with Gasteiger partial charge in [-0.05, 0) is 51.0 Å². The number of carbonyl (C=O) groups is 2. The molecular weight excluding hydrogens is 418 g/mol. The Hall–Kier alpha value is -3.33. The number of ether oxygens (including phenoxy) is 3. The normalized spacial score (nSPS) is 12.1. The molecule has 0 unspecified atom stereocenters. The standard InChI is InChI=1S/C22H23N3O5S/c1-5-28-21(27)18-11(2)19(23-13(18)4)20(26)25-22-24-12(3)17(31-22)9-14-6-7-15-16(8-14)30-10-29-15/h6-8,23H,5,9-10H2,1-4H3,(H,24,25,26). The smallest absolute Gasteiger partial charge is 0.340 e. The third kappa shape index (κ3) is 4.13. The zero-order valence-electron chi connectivity index (χ0n) is 17.8. The third-order valence-corrected chi connectivity index (χ3v) is 6.13. The number of amides is 1. The first-order valence-electron chi connectivity index (χ1n) is 9.89. The number of nitrogens with zero attached hydrogens (tertiary/aromatic N) is 1. The lowest BCUT2D eigenvalue weighted by Gasteiger charge is -2.03. The average Bonchev–Trinajstić information content (AvgIpc) is 3.39. The lowest BCUT2D eigenvalue weighted by Crippen LogP contribution is -2.14. The van der Waals surface area contributed by atoms with Crippen molar-refractivity contribution in [1.82, 2.24) is 9.97 Å². The van der Waals surface area contributed by atoms with E-state index in [1.54, 1.807) is 20.8 Å². The number of anilines is 1. The van der Waals surface area contributed by atoms with Crippen molar-refractivity contribution in [3.63, 3.8) is 0 Å². The van der Waals surface area contributed by atoms with Gasteiger partial charge in [0.2, 0.25) is 6.79 Å². The van der Waals surface area contributed by atoms with Crippen LogP contribution in [0.4, 0.5) is 5.13 Å². The van der Waals surface area contributed by atoms with Gasteiger partial charge >= 0.3 is 5.97 Å². The summed E-state index contributed by atoms with van der Waals surface area (Å²) in [6.45, 7) is 7.64. The van der Waals surface area contributed by atoms with Crippen molar-refractivity contribution >= 4 is 28.3 Å². The summed E-state index contributed by atoms with van der Waals surface area (Å²) >= 11 is 1.42. The van der Waals surface area contributed by atoms with Crippen molar-refractivity contribution in [3.05, 3.63) is 56.8 Å². The van der Waals surface area contributed by atoms with Crippen molar-refractivity contribution in [2.24, 2.45) is 0 Å². The van der Waals surface area contributed by atoms with Crippen LogP contribution in [0.3, 0.4) is 0 Å². The molecule has 0 saturated heterocycles. The van der Waals surface area contributed by atoms with Crippen LogP contribution >= 0.6 is 11.3 Å². The van der Waals surface area contributed by atoms with Gasteiger partial charge in [-0.2, -0.15) is 0 Å². The van der Waals surface area contributed by atoms with Gasteiger partial charge in [-0.15, -0.1) is 11.3 Å². The van der Waals surface area contributed by atoms with Crippen molar-refractivity contribution in [3.8, 4) is 11.5 Å². The Morgan fingerprint density at radius 3 is 2.77 bits per heavy atom. The summed E-state index contributed by atoms with van der Waals surface area (Å²) in [5, 5.41) is 3.34. The molecule has 1 aromatic carbocycles. The second kappa shape index (κ2) is 8.43. The Balaban J connectivity index is 1.50. The van der Waals surface area contributed by atoms with Gasteiger partial charge in [-0.1, -0.05) is 6.07 Å². The predicted octanol–water partition coefficient (Wildman–Crippen LogP) is 4.14. The number of fused-ring (bicyclic) bond motifs is 1. The summed E-state index contributed by atoms with van der Waals surface area (Å²) < 4.78 is 15.9. The third-order valence-electron chi connectivity index (χ3n) is 5.06. The van der Waals surface area contributed by atoms with E-state index in [0.717, 1.165) is 27.6 Å². The fraction of sp³-hybridized carbons (Fsp3) is 0.318. The highest BCUT2D eigenvalue weighted by molar-refractivity contribution is 7.15. The Kier molecular flexibility index (Phi) is 5.69. The summed E-state index contributed by atoms with van der Waals surface area (Å²) in [6, 6.07) is 5.85. The van der Waals surface area contributed by atoms with Gasteiger partial charge in [0.25, 0.3) is 5.91 Å². The second-order valence-corrected chi connectivity index (χ2v) is 8.28. The zero-order valence-corrected chi connectivity index (χ0v) is 18.6. The van der Waals surface area contributed by atoms with Crippen LogP contribution in [0.15, 0.2) is 18.2 Å². The maximum absolute atomic E-state index is 12.8. The molecule has 1 aliphatic rings. The van der Waals surface area contributed by atoms with Crippen LogP contribution in [-0.4, -0.2) is 35.2 Å². The van der Waals surface area contributed by atoms with Crippen LogP contribution in [0, 0.1) is 20.8 Å². The molecule has 1 amide bonds. The number of aromatic nitrogens is 2. The SMILES string of the molecule is CCOC(=O)c1c(C)[nH]c(C(=O)Nc2nc(C)c(Cc3ccc4c(c3)OCO4)s2)c1C. The fourth-order valence-corrected chi connectivity index (χ4v) is 4.52. The van der Waals surface area contributed by atoms with Crippen LogP contribution in [-0.2, 0) is 11.2 Å². The Morgan fingerprint density at radius 2 is 2.00 bits per heavy atom. The number of carbonyl (C=O) groups excluding carboxylic acids is 2. The van der Waals surface area contributed by atoms with Crippen LogP contribution in [0.2, 0.25) is 0 Å². The van der Waals surface area contributed by atoms with Gasteiger partial charge in [0.05, 0.1) is 17.9 Å². The Morgan fingerprint density at radius 1 is 1.23 bits per heavy atom. The maximum Gasteiger partial charge on any atom is 0.340 e. The van der Waals surface area contributed by atoms with Crippen LogP contribution in [0.1, 0.15) is 55.2 Å². The highest BCUT2D eigenvalue weighted by Gasteiger charge is 2.24. The van der Waals surface area contributed by atoms with E-state index in [0.29, 0.717) is 34.1 Å². The molecule has 31 heavy (non-hydrogen) atoms. The van der Waals surface area contributed by atoms with Gasteiger partial charge in [0.15, 0.2) is 16.6 Å². The molecular formula is C22H23N3O5S. The minimum Gasteiger partial charge on any atom is -0.462 e. The number of nitrogens with one attached hydrogen (secondary N) is 2.